The average Bonchev–Trinajstić information content (AvgIpc) is 2.63. The van der Waals surface area contributed by atoms with Crippen LogP contribution in [-0.4, -0.2) is 12.5 Å². The molecular weight excluding hydrogens is 298 g/mol. The van der Waals surface area contributed by atoms with Gasteiger partial charge in [-0.05, 0) is 30.7 Å². The summed E-state index contributed by atoms with van der Waals surface area (Å²) in [4.78, 5) is 12.1. The van der Waals surface area contributed by atoms with E-state index in [1.54, 1.807) is 0 Å². The van der Waals surface area contributed by atoms with Gasteiger partial charge in [0, 0.05) is 11.3 Å². The van der Waals surface area contributed by atoms with Crippen molar-refractivity contribution in [3.8, 4) is 16.9 Å². The molecule has 0 aromatic heterocycles. The van der Waals surface area contributed by atoms with Crippen LogP contribution in [0.2, 0.25) is 0 Å². The number of benzene rings is 3. The summed E-state index contributed by atoms with van der Waals surface area (Å²) in [7, 11) is 0. The fraction of sp³-hybridized carbons (Fsp3) is 0.0952. The molecule has 0 bridgehead atoms. The third-order valence-corrected chi connectivity index (χ3v) is 3.67. The number of rotatable bonds is 5. The lowest BCUT2D eigenvalue weighted by Crippen LogP contribution is -2.20. The summed E-state index contributed by atoms with van der Waals surface area (Å²) >= 11 is 0. The summed E-state index contributed by atoms with van der Waals surface area (Å²) in [6.45, 7) is 1.98. The molecule has 0 saturated carbocycles. The maximum Gasteiger partial charge on any atom is 0.262 e. The molecule has 3 heteroatoms. The van der Waals surface area contributed by atoms with Crippen LogP contribution in [0.1, 0.15) is 5.56 Å². The van der Waals surface area contributed by atoms with Gasteiger partial charge in [-0.15, -0.1) is 0 Å². The first kappa shape index (κ1) is 15.8. The molecule has 0 radical (unpaired) electrons. The van der Waals surface area contributed by atoms with Crippen LogP contribution in [-0.2, 0) is 4.79 Å². The maximum absolute atomic E-state index is 12.1. The van der Waals surface area contributed by atoms with Gasteiger partial charge in [-0.2, -0.15) is 0 Å². The highest BCUT2D eigenvalue weighted by molar-refractivity contribution is 5.92. The van der Waals surface area contributed by atoms with Crippen molar-refractivity contribution in [1.82, 2.24) is 0 Å². The predicted molar refractivity (Wildman–Crippen MR) is 97.2 cm³/mol. The normalized spacial score (nSPS) is 10.2. The molecule has 3 nitrogen and oxygen atoms in total. The van der Waals surface area contributed by atoms with Crippen molar-refractivity contribution >= 4 is 11.6 Å². The predicted octanol–water partition coefficient (Wildman–Crippen LogP) is 4.68. The second-order valence-electron chi connectivity index (χ2n) is 5.57. The maximum atomic E-state index is 12.1. The first-order valence-corrected chi connectivity index (χ1v) is 7.86. The number of anilines is 1. The number of ether oxygens (including phenoxy) is 1. The van der Waals surface area contributed by atoms with Crippen LogP contribution in [0.4, 0.5) is 5.69 Å². The number of para-hydroxylation sites is 1. The number of carbonyl (C=O) groups excluding carboxylic acids is 1. The summed E-state index contributed by atoms with van der Waals surface area (Å²) in [6.07, 6.45) is 0. The molecule has 0 unspecified atom stereocenters. The monoisotopic (exact) mass is 317 g/mol. The smallest absolute Gasteiger partial charge is 0.262 e. The minimum Gasteiger partial charge on any atom is -0.483 e. The van der Waals surface area contributed by atoms with Gasteiger partial charge in [0.15, 0.2) is 6.61 Å². The lowest BCUT2D eigenvalue weighted by Gasteiger charge is -2.12. The zero-order chi connectivity index (χ0) is 16.8. The van der Waals surface area contributed by atoms with Gasteiger partial charge < -0.3 is 10.1 Å². The molecular formula is C21H19NO2. The van der Waals surface area contributed by atoms with E-state index in [4.69, 9.17) is 4.74 Å². The topological polar surface area (TPSA) is 38.3 Å². The van der Waals surface area contributed by atoms with E-state index in [1.165, 1.54) is 0 Å². The molecule has 24 heavy (non-hydrogen) atoms. The van der Waals surface area contributed by atoms with Gasteiger partial charge in [-0.3, -0.25) is 4.79 Å². The van der Waals surface area contributed by atoms with E-state index in [0.29, 0.717) is 5.75 Å². The van der Waals surface area contributed by atoms with Gasteiger partial charge in [0.1, 0.15) is 5.75 Å². The fourth-order valence-corrected chi connectivity index (χ4v) is 2.43. The molecule has 120 valence electrons. The van der Waals surface area contributed by atoms with E-state index >= 15 is 0 Å². The van der Waals surface area contributed by atoms with Gasteiger partial charge in [0.05, 0.1) is 0 Å². The highest BCUT2D eigenvalue weighted by atomic mass is 16.5. The molecule has 0 aliphatic heterocycles. The van der Waals surface area contributed by atoms with Gasteiger partial charge in [0.2, 0.25) is 0 Å². The molecule has 0 atom stereocenters. The molecule has 1 N–H and O–H groups in total. The first-order valence-electron chi connectivity index (χ1n) is 7.86. The van der Waals surface area contributed by atoms with E-state index in [0.717, 1.165) is 22.4 Å². The Balaban J connectivity index is 1.66. The van der Waals surface area contributed by atoms with E-state index in [1.807, 2.05) is 85.8 Å². The van der Waals surface area contributed by atoms with Crippen molar-refractivity contribution in [3.05, 3.63) is 84.4 Å². The van der Waals surface area contributed by atoms with Crippen molar-refractivity contribution in [1.29, 1.82) is 0 Å². The lowest BCUT2D eigenvalue weighted by molar-refractivity contribution is -0.118. The van der Waals surface area contributed by atoms with E-state index in [9.17, 15) is 4.79 Å². The zero-order valence-electron chi connectivity index (χ0n) is 13.5. The Morgan fingerprint density at radius 2 is 1.54 bits per heavy atom. The summed E-state index contributed by atoms with van der Waals surface area (Å²) in [6, 6.07) is 25.4. The Bertz CT molecular complexity index is 811. The number of hydrogen-bond acceptors (Lipinski definition) is 2. The van der Waals surface area contributed by atoms with Crippen molar-refractivity contribution in [3.63, 3.8) is 0 Å². The highest BCUT2D eigenvalue weighted by Gasteiger charge is 2.08. The quantitative estimate of drug-likeness (QED) is 0.742. The van der Waals surface area contributed by atoms with E-state index in [-0.39, 0.29) is 12.5 Å². The van der Waals surface area contributed by atoms with E-state index in [2.05, 4.69) is 5.32 Å². The number of hydrogen-bond donors (Lipinski definition) is 1. The van der Waals surface area contributed by atoms with Gasteiger partial charge >= 0.3 is 0 Å². The molecule has 3 rings (SSSR count). The lowest BCUT2D eigenvalue weighted by atomic mass is 10.1. The third-order valence-electron chi connectivity index (χ3n) is 3.67. The highest BCUT2D eigenvalue weighted by Crippen LogP contribution is 2.29. The van der Waals surface area contributed by atoms with Crippen LogP contribution < -0.4 is 10.1 Å². The Labute approximate surface area is 141 Å². The van der Waals surface area contributed by atoms with Crippen LogP contribution in [0, 0.1) is 6.92 Å². The molecule has 0 spiro atoms. The van der Waals surface area contributed by atoms with Crippen molar-refractivity contribution < 1.29 is 9.53 Å². The Hall–Kier alpha value is -3.07. The minimum absolute atomic E-state index is 0.0300. The summed E-state index contributed by atoms with van der Waals surface area (Å²) < 4.78 is 5.74. The van der Waals surface area contributed by atoms with Gasteiger partial charge in [-0.1, -0.05) is 66.2 Å². The number of amides is 1. The second-order valence-corrected chi connectivity index (χ2v) is 5.57. The molecule has 1 amide bonds. The summed E-state index contributed by atoms with van der Waals surface area (Å²) in [5.41, 5.74) is 3.96. The van der Waals surface area contributed by atoms with Crippen molar-refractivity contribution in [2.75, 3.05) is 11.9 Å². The molecule has 0 heterocycles. The minimum atomic E-state index is -0.179. The summed E-state index contributed by atoms with van der Waals surface area (Å²) in [5.74, 6) is 0.518. The zero-order valence-corrected chi connectivity index (χ0v) is 13.5. The Kier molecular flexibility index (Phi) is 4.92. The third kappa shape index (κ3) is 4.02. The average molecular weight is 317 g/mol. The van der Waals surface area contributed by atoms with Gasteiger partial charge in [0.25, 0.3) is 5.91 Å². The molecule has 0 fully saturated rings. The van der Waals surface area contributed by atoms with Crippen LogP contribution in [0.15, 0.2) is 78.9 Å². The largest absolute Gasteiger partial charge is 0.483 e. The van der Waals surface area contributed by atoms with Crippen LogP contribution in [0.25, 0.3) is 11.1 Å². The number of aryl methyl sites for hydroxylation is 1. The Morgan fingerprint density at radius 1 is 0.875 bits per heavy atom. The van der Waals surface area contributed by atoms with E-state index < -0.39 is 0 Å². The van der Waals surface area contributed by atoms with Crippen LogP contribution >= 0.6 is 0 Å². The molecule has 0 saturated heterocycles. The van der Waals surface area contributed by atoms with Crippen molar-refractivity contribution in [2.24, 2.45) is 0 Å². The van der Waals surface area contributed by atoms with Crippen LogP contribution in [0.3, 0.4) is 0 Å². The number of carbonyl (C=O) groups is 1. The molecule has 3 aromatic rings. The Morgan fingerprint density at radius 3 is 2.29 bits per heavy atom. The van der Waals surface area contributed by atoms with Crippen molar-refractivity contribution in [2.45, 2.75) is 6.92 Å². The number of nitrogens with one attached hydrogen (secondary N) is 1. The molecule has 3 aromatic carbocycles. The first-order chi connectivity index (χ1) is 11.7. The molecule has 0 aliphatic rings. The molecule has 0 aliphatic carbocycles. The van der Waals surface area contributed by atoms with Gasteiger partial charge in [-0.25, -0.2) is 0 Å². The second kappa shape index (κ2) is 7.47. The standard InChI is InChI=1S/C21H19NO2/c1-16-11-13-18(14-12-16)22-21(23)15-24-20-10-6-5-9-19(20)17-7-3-2-4-8-17/h2-14H,15H2,1H3,(H,22,23). The fourth-order valence-electron chi connectivity index (χ4n) is 2.43. The summed E-state index contributed by atoms with van der Waals surface area (Å²) in [5, 5.41) is 2.83. The SMILES string of the molecule is Cc1ccc(NC(=O)COc2ccccc2-c2ccccc2)cc1. The van der Waals surface area contributed by atoms with Crippen LogP contribution in [0.5, 0.6) is 5.75 Å².